The zero-order valence-electron chi connectivity index (χ0n) is 12.4. The van der Waals surface area contributed by atoms with E-state index < -0.39 is 0 Å². The van der Waals surface area contributed by atoms with Gasteiger partial charge in [0.05, 0.1) is 4.92 Å². The monoisotopic (exact) mass is 281 g/mol. The van der Waals surface area contributed by atoms with Crippen LogP contribution < -0.4 is 10.6 Å². The van der Waals surface area contributed by atoms with E-state index in [4.69, 9.17) is 5.73 Å². The predicted molar refractivity (Wildman–Crippen MR) is 77.9 cm³/mol. The molecule has 0 spiro atoms. The van der Waals surface area contributed by atoms with Crippen LogP contribution in [0.4, 0.5) is 11.5 Å². The number of nitrogens with zero attached hydrogens (tertiary/aromatic N) is 4. The number of hydrogen-bond acceptors (Lipinski definition) is 5. The largest absolute Gasteiger partial charge is 0.351 e. The van der Waals surface area contributed by atoms with Crippen molar-refractivity contribution >= 4 is 11.5 Å². The smallest absolute Gasteiger partial charge is 0.333 e. The first-order chi connectivity index (χ1) is 9.51. The average molecular weight is 281 g/mol. The Morgan fingerprint density at radius 2 is 2.25 bits per heavy atom. The zero-order valence-corrected chi connectivity index (χ0v) is 12.4. The Balaban J connectivity index is 2.42. The summed E-state index contributed by atoms with van der Waals surface area (Å²) in [4.78, 5) is 13.0. The second-order valence-electron chi connectivity index (χ2n) is 5.44. The summed E-state index contributed by atoms with van der Waals surface area (Å²) in [6.45, 7) is 4.88. The summed E-state index contributed by atoms with van der Waals surface area (Å²) in [5.74, 6) is 1.01. The Morgan fingerprint density at radius 1 is 1.55 bits per heavy atom. The van der Waals surface area contributed by atoms with Crippen LogP contribution in [-0.2, 0) is 6.54 Å². The van der Waals surface area contributed by atoms with Crippen molar-refractivity contribution in [1.29, 1.82) is 0 Å². The number of rotatable bonds is 5. The number of aryl methyl sites for hydroxylation is 2. The molecule has 0 aromatic carbocycles. The third kappa shape index (κ3) is 2.37. The van der Waals surface area contributed by atoms with Crippen LogP contribution in [0.3, 0.4) is 0 Å². The van der Waals surface area contributed by atoms with Crippen molar-refractivity contribution in [2.45, 2.75) is 45.7 Å². The van der Waals surface area contributed by atoms with Crippen LogP contribution in [0.15, 0.2) is 0 Å². The molecule has 2 unspecified atom stereocenters. The van der Waals surface area contributed by atoms with Gasteiger partial charge in [0.2, 0.25) is 5.82 Å². The van der Waals surface area contributed by atoms with E-state index in [0.29, 0.717) is 30.5 Å². The van der Waals surface area contributed by atoms with Crippen molar-refractivity contribution in [3.05, 3.63) is 15.8 Å². The molecule has 2 atom stereocenters. The van der Waals surface area contributed by atoms with Crippen molar-refractivity contribution in [3.8, 4) is 0 Å². The lowest BCUT2D eigenvalue weighted by molar-refractivity contribution is -0.384. The molecule has 0 aliphatic heterocycles. The highest BCUT2D eigenvalue weighted by Crippen LogP contribution is 2.37. The number of anilines is 1. The van der Waals surface area contributed by atoms with Gasteiger partial charge in [-0.3, -0.25) is 10.1 Å². The molecular formula is C13H23N5O2. The first-order valence-electron chi connectivity index (χ1n) is 7.15. The molecule has 7 heteroatoms. The SMILES string of the molecule is CCn1nc(C)c([N+](=O)[O-])c1N(C)C1CCCC1CN. The van der Waals surface area contributed by atoms with Crippen molar-refractivity contribution in [1.82, 2.24) is 9.78 Å². The second-order valence-corrected chi connectivity index (χ2v) is 5.44. The van der Waals surface area contributed by atoms with E-state index >= 15 is 0 Å². The summed E-state index contributed by atoms with van der Waals surface area (Å²) in [5, 5.41) is 15.6. The molecule has 1 fully saturated rings. The van der Waals surface area contributed by atoms with E-state index in [0.717, 1.165) is 19.3 Å². The minimum Gasteiger partial charge on any atom is -0.351 e. The van der Waals surface area contributed by atoms with Gasteiger partial charge in [-0.2, -0.15) is 5.10 Å². The van der Waals surface area contributed by atoms with Gasteiger partial charge < -0.3 is 10.6 Å². The first kappa shape index (κ1) is 14.8. The molecule has 2 N–H and O–H groups in total. The van der Waals surface area contributed by atoms with E-state index in [1.807, 2.05) is 18.9 Å². The van der Waals surface area contributed by atoms with Gasteiger partial charge in [-0.1, -0.05) is 6.42 Å². The average Bonchev–Trinajstić information content (AvgIpc) is 3.00. The van der Waals surface area contributed by atoms with Gasteiger partial charge in [-0.05, 0) is 39.2 Å². The van der Waals surface area contributed by atoms with Crippen LogP contribution >= 0.6 is 0 Å². The van der Waals surface area contributed by atoms with Crippen LogP contribution in [0.2, 0.25) is 0 Å². The first-order valence-corrected chi connectivity index (χ1v) is 7.15. The second kappa shape index (κ2) is 5.78. The molecule has 1 aliphatic carbocycles. The highest BCUT2D eigenvalue weighted by atomic mass is 16.6. The van der Waals surface area contributed by atoms with Gasteiger partial charge in [-0.15, -0.1) is 0 Å². The molecule has 1 aromatic heterocycles. The molecule has 0 saturated heterocycles. The zero-order chi connectivity index (χ0) is 14.9. The molecule has 1 aromatic rings. The molecular weight excluding hydrogens is 258 g/mol. The standard InChI is InChI=1S/C13H23N5O2/c1-4-17-13(12(18(19)20)9(2)15-17)16(3)11-7-5-6-10(11)8-14/h10-11H,4-8,14H2,1-3H3. The number of nitrogens with two attached hydrogens (primary N) is 1. The van der Waals surface area contributed by atoms with Gasteiger partial charge in [0.15, 0.2) is 0 Å². The maximum absolute atomic E-state index is 11.3. The van der Waals surface area contributed by atoms with E-state index in [2.05, 4.69) is 5.10 Å². The van der Waals surface area contributed by atoms with Gasteiger partial charge in [0, 0.05) is 19.6 Å². The Bertz CT molecular complexity index is 499. The summed E-state index contributed by atoms with van der Waals surface area (Å²) >= 11 is 0. The summed E-state index contributed by atoms with van der Waals surface area (Å²) in [5.41, 5.74) is 6.43. The summed E-state index contributed by atoms with van der Waals surface area (Å²) in [6, 6.07) is 0.264. The third-order valence-corrected chi connectivity index (χ3v) is 4.31. The van der Waals surface area contributed by atoms with Crippen molar-refractivity contribution in [3.63, 3.8) is 0 Å². The highest BCUT2D eigenvalue weighted by Gasteiger charge is 2.35. The van der Waals surface area contributed by atoms with Crippen LogP contribution in [0, 0.1) is 23.0 Å². The third-order valence-electron chi connectivity index (χ3n) is 4.31. The number of nitro groups is 1. The van der Waals surface area contributed by atoms with Crippen molar-refractivity contribution in [2.75, 3.05) is 18.5 Å². The van der Waals surface area contributed by atoms with Crippen LogP contribution in [0.5, 0.6) is 0 Å². The number of aromatic nitrogens is 2. The summed E-state index contributed by atoms with van der Waals surface area (Å²) < 4.78 is 1.72. The van der Waals surface area contributed by atoms with E-state index in [1.165, 1.54) is 0 Å². The Hall–Kier alpha value is -1.63. The topological polar surface area (TPSA) is 90.2 Å². The molecule has 1 saturated carbocycles. The maximum atomic E-state index is 11.3. The normalized spacial score (nSPS) is 22.2. The molecule has 1 aliphatic rings. The minimum atomic E-state index is -0.327. The molecule has 0 amide bonds. The van der Waals surface area contributed by atoms with Crippen LogP contribution in [0.1, 0.15) is 31.9 Å². The van der Waals surface area contributed by atoms with Gasteiger partial charge in [-0.25, -0.2) is 4.68 Å². The molecule has 2 rings (SSSR count). The Morgan fingerprint density at radius 3 is 2.80 bits per heavy atom. The fourth-order valence-electron chi connectivity index (χ4n) is 3.30. The molecule has 1 heterocycles. The Labute approximate surface area is 118 Å². The van der Waals surface area contributed by atoms with Gasteiger partial charge in [0.25, 0.3) is 0 Å². The van der Waals surface area contributed by atoms with Crippen LogP contribution in [0.25, 0.3) is 0 Å². The van der Waals surface area contributed by atoms with Crippen LogP contribution in [-0.4, -0.2) is 34.3 Å². The Kier molecular flexibility index (Phi) is 4.27. The molecule has 0 radical (unpaired) electrons. The van der Waals surface area contributed by atoms with E-state index in [-0.39, 0.29) is 16.7 Å². The summed E-state index contributed by atoms with van der Waals surface area (Å²) in [6.07, 6.45) is 3.26. The molecule has 20 heavy (non-hydrogen) atoms. The van der Waals surface area contributed by atoms with Gasteiger partial charge >= 0.3 is 5.69 Å². The lowest BCUT2D eigenvalue weighted by atomic mass is 10.0. The van der Waals surface area contributed by atoms with Crippen molar-refractivity contribution in [2.24, 2.45) is 11.7 Å². The van der Waals surface area contributed by atoms with E-state index in [9.17, 15) is 10.1 Å². The lowest BCUT2D eigenvalue weighted by Gasteiger charge is -2.30. The molecule has 7 nitrogen and oxygen atoms in total. The lowest BCUT2D eigenvalue weighted by Crippen LogP contribution is -2.39. The van der Waals surface area contributed by atoms with Crippen molar-refractivity contribution < 1.29 is 4.92 Å². The minimum absolute atomic E-state index is 0.122. The molecule has 0 bridgehead atoms. The quantitative estimate of drug-likeness (QED) is 0.655. The number of hydrogen-bond donors (Lipinski definition) is 1. The fourth-order valence-corrected chi connectivity index (χ4v) is 3.30. The van der Waals surface area contributed by atoms with E-state index in [1.54, 1.807) is 11.6 Å². The van der Waals surface area contributed by atoms with Gasteiger partial charge in [0.1, 0.15) is 5.69 Å². The highest BCUT2D eigenvalue weighted by molar-refractivity contribution is 5.61. The fraction of sp³-hybridized carbons (Fsp3) is 0.769. The summed E-state index contributed by atoms with van der Waals surface area (Å²) in [7, 11) is 1.92. The maximum Gasteiger partial charge on any atom is 0.333 e. The molecule has 112 valence electrons. The predicted octanol–water partition coefficient (Wildman–Crippen LogP) is 1.68.